The Balaban J connectivity index is 1.41. The monoisotopic (exact) mass is 414 g/mol. The lowest BCUT2D eigenvalue weighted by Crippen LogP contribution is -2.08. The van der Waals surface area contributed by atoms with Crippen molar-refractivity contribution in [2.24, 2.45) is 0 Å². The van der Waals surface area contributed by atoms with Crippen LogP contribution in [-0.2, 0) is 19.1 Å². The zero-order valence-corrected chi connectivity index (χ0v) is 15.9. The fourth-order valence-electron chi connectivity index (χ4n) is 3.03. The lowest BCUT2D eigenvalue weighted by atomic mass is 10.1. The molecule has 0 saturated carbocycles. The second-order valence-corrected chi connectivity index (χ2v) is 6.55. The summed E-state index contributed by atoms with van der Waals surface area (Å²) in [5.74, 6) is 1.12. The first-order valence-electron chi connectivity index (χ1n) is 9.00. The summed E-state index contributed by atoms with van der Waals surface area (Å²) in [5, 5.41) is 3.91. The molecule has 4 rings (SSSR count). The summed E-state index contributed by atoms with van der Waals surface area (Å²) >= 11 is 0. The third-order valence-electron chi connectivity index (χ3n) is 4.52. The number of pyridine rings is 2. The maximum Gasteiger partial charge on any atom is 0.433 e. The predicted molar refractivity (Wildman–Crippen MR) is 104 cm³/mol. The predicted octanol–water partition coefficient (Wildman–Crippen LogP) is 3.98. The molecule has 0 aromatic carbocycles. The van der Waals surface area contributed by atoms with Crippen molar-refractivity contribution in [2.45, 2.75) is 19.1 Å². The molecule has 154 valence electrons. The van der Waals surface area contributed by atoms with E-state index in [9.17, 15) is 13.2 Å². The van der Waals surface area contributed by atoms with Gasteiger partial charge in [-0.05, 0) is 28.8 Å². The first-order chi connectivity index (χ1) is 14.4. The summed E-state index contributed by atoms with van der Waals surface area (Å²) in [6, 6.07) is 6.10. The van der Waals surface area contributed by atoms with Crippen LogP contribution >= 0.6 is 0 Å². The average molecular weight is 414 g/mol. The van der Waals surface area contributed by atoms with Crippen molar-refractivity contribution in [1.82, 2.24) is 24.9 Å². The van der Waals surface area contributed by atoms with Gasteiger partial charge in [-0.25, -0.2) is 15.0 Å². The molecular weight excluding hydrogens is 397 g/mol. The Labute approximate surface area is 169 Å². The van der Waals surface area contributed by atoms with Gasteiger partial charge in [-0.15, -0.1) is 0 Å². The van der Waals surface area contributed by atoms with Crippen molar-refractivity contribution >= 4 is 16.9 Å². The standard InChI is InChI=1S/C20H17F3N6O/c1-30-19-17-14(10-27-18(17)28-11-29-19)6-12-3-5-16(25-7-12)26-9-13-2-4-15(24-8-13)20(21,22)23/h2-5,7-8,10-11H,6,9H2,1H3,(H,25,26)(H,27,28,29). The molecule has 4 aromatic rings. The highest BCUT2D eigenvalue weighted by atomic mass is 19.4. The molecule has 0 aliphatic rings. The topological polar surface area (TPSA) is 88.6 Å². The molecule has 0 aliphatic heterocycles. The van der Waals surface area contributed by atoms with Gasteiger partial charge in [-0.1, -0.05) is 12.1 Å². The van der Waals surface area contributed by atoms with Crippen LogP contribution in [0.4, 0.5) is 19.0 Å². The first-order valence-corrected chi connectivity index (χ1v) is 9.00. The fourth-order valence-corrected chi connectivity index (χ4v) is 3.03. The number of H-pyrrole nitrogens is 1. The first kappa shape index (κ1) is 19.6. The van der Waals surface area contributed by atoms with Gasteiger partial charge in [0.1, 0.15) is 23.5 Å². The van der Waals surface area contributed by atoms with Crippen LogP contribution in [0.1, 0.15) is 22.4 Å². The van der Waals surface area contributed by atoms with Gasteiger partial charge in [0, 0.05) is 31.6 Å². The van der Waals surface area contributed by atoms with Crippen LogP contribution < -0.4 is 10.1 Å². The Morgan fingerprint density at radius 2 is 1.80 bits per heavy atom. The number of alkyl halides is 3. The number of hydrogen-bond acceptors (Lipinski definition) is 6. The number of aromatic nitrogens is 5. The second kappa shape index (κ2) is 7.97. The highest BCUT2D eigenvalue weighted by molar-refractivity contribution is 5.85. The number of methoxy groups -OCH3 is 1. The number of hydrogen-bond donors (Lipinski definition) is 2. The van der Waals surface area contributed by atoms with Crippen molar-refractivity contribution in [3.8, 4) is 5.88 Å². The van der Waals surface area contributed by atoms with Crippen LogP contribution in [0.2, 0.25) is 0 Å². The van der Waals surface area contributed by atoms with Crippen LogP contribution in [-0.4, -0.2) is 32.0 Å². The lowest BCUT2D eigenvalue weighted by molar-refractivity contribution is -0.141. The van der Waals surface area contributed by atoms with Crippen molar-refractivity contribution in [1.29, 1.82) is 0 Å². The molecule has 0 bridgehead atoms. The largest absolute Gasteiger partial charge is 0.480 e. The van der Waals surface area contributed by atoms with Crippen LogP contribution in [0.5, 0.6) is 5.88 Å². The van der Waals surface area contributed by atoms with Gasteiger partial charge in [0.2, 0.25) is 5.88 Å². The minimum Gasteiger partial charge on any atom is -0.480 e. The Morgan fingerprint density at radius 3 is 2.47 bits per heavy atom. The van der Waals surface area contributed by atoms with E-state index in [4.69, 9.17) is 4.74 Å². The lowest BCUT2D eigenvalue weighted by Gasteiger charge is -2.09. The molecule has 2 N–H and O–H groups in total. The van der Waals surface area contributed by atoms with E-state index in [0.717, 1.165) is 22.6 Å². The molecule has 10 heteroatoms. The Bertz CT molecular complexity index is 1140. The van der Waals surface area contributed by atoms with Gasteiger partial charge in [-0.2, -0.15) is 13.2 Å². The number of nitrogens with zero attached hydrogens (tertiary/aromatic N) is 4. The zero-order valence-electron chi connectivity index (χ0n) is 15.9. The number of nitrogens with one attached hydrogen (secondary N) is 2. The van der Waals surface area contributed by atoms with Crippen molar-refractivity contribution in [3.63, 3.8) is 0 Å². The Morgan fingerprint density at radius 1 is 1.00 bits per heavy atom. The molecule has 0 atom stereocenters. The van der Waals surface area contributed by atoms with Gasteiger partial charge >= 0.3 is 6.18 Å². The molecule has 0 spiro atoms. The van der Waals surface area contributed by atoms with E-state index >= 15 is 0 Å². The van der Waals surface area contributed by atoms with Crippen LogP contribution in [0, 0.1) is 0 Å². The molecule has 0 unspecified atom stereocenters. The smallest absolute Gasteiger partial charge is 0.433 e. The number of aromatic amines is 1. The Hall–Kier alpha value is -3.69. The van der Waals surface area contributed by atoms with E-state index in [2.05, 4.69) is 30.2 Å². The van der Waals surface area contributed by atoms with Gasteiger partial charge in [-0.3, -0.25) is 4.98 Å². The molecule has 4 aromatic heterocycles. The normalized spacial score (nSPS) is 11.6. The maximum absolute atomic E-state index is 12.6. The molecule has 4 heterocycles. The molecule has 0 radical (unpaired) electrons. The summed E-state index contributed by atoms with van der Waals surface area (Å²) in [4.78, 5) is 19.3. The summed E-state index contributed by atoms with van der Waals surface area (Å²) < 4.78 is 43.0. The molecule has 0 amide bonds. The number of halogens is 3. The number of ether oxygens (including phenoxy) is 1. The van der Waals surface area contributed by atoms with Gasteiger partial charge < -0.3 is 15.0 Å². The maximum atomic E-state index is 12.6. The Kier molecular flexibility index (Phi) is 5.21. The summed E-state index contributed by atoms with van der Waals surface area (Å²) in [6.07, 6.45) is 2.42. The van der Waals surface area contributed by atoms with Gasteiger partial charge in [0.25, 0.3) is 0 Å². The zero-order chi connectivity index (χ0) is 21.1. The van der Waals surface area contributed by atoms with E-state index in [1.807, 2.05) is 18.3 Å². The molecule has 30 heavy (non-hydrogen) atoms. The van der Waals surface area contributed by atoms with Crippen molar-refractivity contribution < 1.29 is 17.9 Å². The van der Waals surface area contributed by atoms with Crippen molar-refractivity contribution in [3.05, 3.63) is 71.6 Å². The molecular formula is C20H17F3N6O. The molecule has 0 aliphatic carbocycles. The van der Waals surface area contributed by atoms with E-state index < -0.39 is 11.9 Å². The minimum atomic E-state index is -4.44. The van der Waals surface area contributed by atoms with E-state index in [1.54, 1.807) is 13.3 Å². The van der Waals surface area contributed by atoms with Crippen LogP contribution in [0.25, 0.3) is 11.0 Å². The highest BCUT2D eigenvalue weighted by Crippen LogP contribution is 2.28. The number of anilines is 1. The highest BCUT2D eigenvalue weighted by Gasteiger charge is 2.31. The van der Waals surface area contributed by atoms with Crippen molar-refractivity contribution in [2.75, 3.05) is 12.4 Å². The van der Waals surface area contributed by atoms with Crippen LogP contribution in [0.15, 0.2) is 49.2 Å². The third kappa shape index (κ3) is 4.17. The number of fused-ring (bicyclic) bond motifs is 1. The minimum absolute atomic E-state index is 0.314. The molecule has 0 fully saturated rings. The molecule has 7 nitrogen and oxygen atoms in total. The second-order valence-electron chi connectivity index (χ2n) is 6.55. The average Bonchev–Trinajstić information content (AvgIpc) is 3.16. The quantitative estimate of drug-likeness (QED) is 0.496. The fraction of sp³-hybridized carbons (Fsp3) is 0.200. The van der Waals surface area contributed by atoms with Gasteiger partial charge in [0.05, 0.1) is 12.5 Å². The summed E-state index contributed by atoms with van der Waals surface area (Å²) in [5.41, 5.74) is 2.38. The van der Waals surface area contributed by atoms with Gasteiger partial charge in [0.15, 0.2) is 0 Å². The molecule has 0 saturated heterocycles. The summed E-state index contributed by atoms with van der Waals surface area (Å²) in [7, 11) is 1.56. The van der Waals surface area contributed by atoms with E-state index in [0.29, 0.717) is 35.9 Å². The van der Waals surface area contributed by atoms with E-state index in [-0.39, 0.29) is 0 Å². The third-order valence-corrected chi connectivity index (χ3v) is 4.52. The van der Waals surface area contributed by atoms with Crippen LogP contribution in [0.3, 0.4) is 0 Å². The number of rotatable bonds is 6. The SMILES string of the molecule is COc1ncnc2[nH]cc(Cc3ccc(NCc4ccc(C(F)(F)F)nc4)nc3)c12. The summed E-state index contributed by atoms with van der Waals surface area (Å²) in [6.45, 7) is 0.314. The van der Waals surface area contributed by atoms with E-state index in [1.165, 1.54) is 18.6 Å².